The van der Waals surface area contributed by atoms with Gasteiger partial charge in [-0.2, -0.15) is 0 Å². The Morgan fingerprint density at radius 2 is 2.05 bits per heavy atom. The highest BCUT2D eigenvalue weighted by molar-refractivity contribution is 5.03. The van der Waals surface area contributed by atoms with Gasteiger partial charge in [-0.3, -0.25) is 14.8 Å². The van der Waals surface area contributed by atoms with E-state index >= 15 is 0 Å². The molecule has 1 aliphatic heterocycles. The SMILES string of the molecule is CCN(Cc1ccccn1)CC(C)(C)N1CCNCC1. The van der Waals surface area contributed by atoms with E-state index in [-0.39, 0.29) is 5.54 Å². The Morgan fingerprint density at radius 3 is 2.65 bits per heavy atom. The second kappa shape index (κ2) is 7.16. The number of aromatic nitrogens is 1. The van der Waals surface area contributed by atoms with Crippen LogP contribution in [0.4, 0.5) is 0 Å². The molecule has 1 aliphatic rings. The molecule has 2 heterocycles. The molecule has 1 saturated heterocycles. The molecular formula is C16H28N4. The van der Waals surface area contributed by atoms with Crippen LogP contribution < -0.4 is 5.32 Å². The summed E-state index contributed by atoms with van der Waals surface area (Å²) in [5.41, 5.74) is 1.37. The maximum atomic E-state index is 4.44. The minimum absolute atomic E-state index is 0.215. The number of nitrogens with one attached hydrogen (secondary N) is 1. The molecule has 1 fully saturated rings. The van der Waals surface area contributed by atoms with E-state index in [1.807, 2.05) is 12.3 Å². The van der Waals surface area contributed by atoms with Crippen molar-refractivity contribution >= 4 is 0 Å². The van der Waals surface area contributed by atoms with Crippen LogP contribution in [0.3, 0.4) is 0 Å². The Balaban J connectivity index is 1.94. The molecule has 1 N–H and O–H groups in total. The van der Waals surface area contributed by atoms with Crippen LogP contribution in [0.15, 0.2) is 24.4 Å². The van der Waals surface area contributed by atoms with Gasteiger partial charge in [0, 0.05) is 51.0 Å². The zero-order chi connectivity index (χ0) is 14.4. The van der Waals surface area contributed by atoms with E-state index in [1.165, 1.54) is 0 Å². The Bertz CT molecular complexity index is 385. The van der Waals surface area contributed by atoms with Crippen LogP contribution in [0.25, 0.3) is 0 Å². The molecule has 2 rings (SSSR count). The molecule has 0 bridgehead atoms. The van der Waals surface area contributed by atoms with Gasteiger partial charge in [-0.15, -0.1) is 0 Å². The van der Waals surface area contributed by atoms with Crippen molar-refractivity contribution in [3.05, 3.63) is 30.1 Å². The lowest BCUT2D eigenvalue weighted by atomic mass is 10.0. The molecule has 0 unspecified atom stereocenters. The predicted molar refractivity (Wildman–Crippen MR) is 83.7 cm³/mol. The normalized spacial score (nSPS) is 17.6. The van der Waals surface area contributed by atoms with Crippen LogP contribution in [0.2, 0.25) is 0 Å². The first-order valence-electron chi connectivity index (χ1n) is 7.70. The van der Waals surface area contributed by atoms with Gasteiger partial charge in [0.15, 0.2) is 0 Å². The van der Waals surface area contributed by atoms with Gasteiger partial charge in [0.25, 0.3) is 0 Å². The summed E-state index contributed by atoms with van der Waals surface area (Å²) in [5.74, 6) is 0. The van der Waals surface area contributed by atoms with Gasteiger partial charge < -0.3 is 5.32 Å². The number of rotatable bonds is 6. The summed E-state index contributed by atoms with van der Waals surface area (Å²) in [6.45, 7) is 14.5. The third-order valence-electron chi connectivity index (χ3n) is 4.14. The maximum Gasteiger partial charge on any atom is 0.0543 e. The molecule has 1 aromatic rings. The van der Waals surface area contributed by atoms with Gasteiger partial charge in [-0.1, -0.05) is 13.0 Å². The van der Waals surface area contributed by atoms with Gasteiger partial charge >= 0.3 is 0 Å². The highest BCUT2D eigenvalue weighted by Gasteiger charge is 2.29. The van der Waals surface area contributed by atoms with Gasteiger partial charge in [-0.05, 0) is 32.5 Å². The van der Waals surface area contributed by atoms with Crippen LogP contribution >= 0.6 is 0 Å². The smallest absolute Gasteiger partial charge is 0.0543 e. The second-order valence-corrected chi connectivity index (χ2v) is 6.17. The number of hydrogen-bond acceptors (Lipinski definition) is 4. The summed E-state index contributed by atoms with van der Waals surface area (Å²) in [6.07, 6.45) is 1.88. The summed E-state index contributed by atoms with van der Waals surface area (Å²) < 4.78 is 0. The van der Waals surface area contributed by atoms with Crippen molar-refractivity contribution in [2.24, 2.45) is 0 Å². The highest BCUT2D eigenvalue weighted by atomic mass is 15.3. The predicted octanol–water partition coefficient (Wildman–Crippen LogP) is 1.59. The van der Waals surface area contributed by atoms with Crippen molar-refractivity contribution in [1.29, 1.82) is 0 Å². The lowest BCUT2D eigenvalue weighted by Gasteiger charge is -2.43. The summed E-state index contributed by atoms with van der Waals surface area (Å²) in [6, 6.07) is 6.16. The topological polar surface area (TPSA) is 31.4 Å². The molecule has 112 valence electrons. The largest absolute Gasteiger partial charge is 0.314 e. The van der Waals surface area contributed by atoms with Crippen molar-refractivity contribution in [1.82, 2.24) is 20.1 Å². The lowest BCUT2D eigenvalue weighted by Crippen LogP contribution is -2.57. The van der Waals surface area contributed by atoms with Gasteiger partial charge in [0.05, 0.1) is 5.69 Å². The molecule has 0 atom stereocenters. The van der Waals surface area contributed by atoms with Crippen molar-refractivity contribution in [3.63, 3.8) is 0 Å². The summed E-state index contributed by atoms with van der Waals surface area (Å²) in [7, 11) is 0. The summed E-state index contributed by atoms with van der Waals surface area (Å²) >= 11 is 0. The van der Waals surface area contributed by atoms with Gasteiger partial charge in [-0.25, -0.2) is 0 Å². The Labute approximate surface area is 123 Å². The molecule has 20 heavy (non-hydrogen) atoms. The van der Waals surface area contributed by atoms with Gasteiger partial charge in [0.1, 0.15) is 0 Å². The quantitative estimate of drug-likeness (QED) is 0.855. The third-order valence-corrected chi connectivity index (χ3v) is 4.14. The molecule has 0 saturated carbocycles. The van der Waals surface area contributed by atoms with Crippen molar-refractivity contribution in [3.8, 4) is 0 Å². The van der Waals surface area contributed by atoms with Crippen LogP contribution in [0, 0.1) is 0 Å². The molecule has 4 nitrogen and oxygen atoms in total. The number of pyridine rings is 1. The van der Waals surface area contributed by atoms with Crippen LogP contribution in [-0.2, 0) is 6.54 Å². The third kappa shape index (κ3) is 4.27. The molecular weight excluding hydrogens is 248 g/mol. The summed E-state index contributed by atoms with van der Waals surface area (Å²) in [5, 5.41) is 3.43. The van der Waals surface area contributed by atoms with E-state index in [0.717, 1.165) is 51.5 Å². The van der Waals surface area contributed by atoms with E-state index < -0.39 is 0 Å². The minimum atomic E-state index is 0.215. The van der Waals surface area contributed by atoms with Crippen molar-refractivity contribution in [2.75, 3.05) is 39.3 Å². The number of piperazine rings is 1. The van der Waals surface area contributed by atoms with Crippen LogP contribution in [0.1, 0.15) is 26.5 Å². The maximum absolute atomic E-state index is 4.44. The second-order valence-electron chi connectivity index (χ2n) is 6.17. The average molecular weight is 276 g/mol. The molecule has 0 aliphatic carbocycles. The Hall–Kier alpha value is -0.970. The first-order valence-corrected chi connectivity index (χ1v) is 7.70. The van der Waals surface area contributed by atoms with Crippen molar-refractivity contribution < 1.29 is 0 Å². The number of hydrogen-bond donors (Lipinski definition) is 1. The standard InChI is InChI=1S/C16H28N4/c1-4-19(13-15-7-5-6-8-18-15)14-16(2,3)20-11-9-17-10-12-20/h5-8,17H,4,9-14H2,1-3H3. The highest BCUT2D eigenvalue weighted by Crippen LogP contribution is 2.17. The first kappa shape index (κ1) is 15.4. The number of likely N-dealkylation sites (N-methyl/N-ethyl adjacent to an activating group) is 1. The Morgan fingerprint density at radius 1 is 1.30 bits per heavy atom. The van der Waals surface area contributed by atoms with E-state index in [4.69, 9.17) is 0 Å². The van der Waals surface area contributed by atoms with Crippen molar-refractivity contribution in [2.45, 2.75) is 32.9 Å². The zero-order valence-electron chi connectivity index (χ0n) is 13.1. The van der Waals surface area contributed by atoms with E-state index in [9.17, 15) is 0 Å². The number of nitrogens with zero attached hydrogens (tertiary/aromatic N) is 3. The molecule has 1 aromatic heterocycles. The fourth-order valence-electron chi connectivity index (χ4n) is 2.92. The fourth-order valence-corrected chi connectivity index (χ4v) is 2.92. The average Bonchev–Trinajstić information content (AvgIpc) is 2.48. The zero-order valence-corrected chi connectivity index (χ0v) is 13.1. The summed E-state index contributed by atoms with van der Waals surface area (Å²) in [4.78, 5) is 9.54. The monoisotopic (exact) mass is 276 g/mol. The minimum Gasteiger partial charge on any atom is -0.314 e. The van der Waals surface area contributed by atoms with E-state index in [0.29, 0.717) is 0 Å². The molecule has 0 radical (unpaired) electrons. The first-order chi connectivity index (χ1) is 9.62. The molecule has 0 aromatic carbocycles. The molecule has 4 heteroatoms. The van der Waals surface area contributed by atoms with E-state index in [1.54, 1.807) is 0 Å². The van der Waals surface area contributed by atoms with Crippen LogP contribution in [0.5, 0.6) is 0 Å². The van der Waals surface area contributed by atoms with E-state index in [2.05, 4.69) is 53.0 Å². The molecule has 0 spiro atoms. The van der Waals surface area contributed by atoms with Crippen LogP contribution in [-0.4, -0.2) is 59.6 Å². The lowest BCUT2D eigenvalue weighted by molar-refractivity contribution is 0.0619. The fraction of sp³-hybridized carbons (Fsp3) is 0.688. The Kier molecular flexibility index (Phi) is 5.52. The van der Waals surface area contributed by atoms with Gasteiger partial charge in [0.2, 0.25) is 0 Å². The molecule has 0 amide bonds.